The first-order valence-electron chi connectivity index (χ1n) is 10.2. The Morgan fingerprint density at radius 3 is 2.57 bits per heavy atom. The standard InChI is InChI=1S/C23H26N4O3/c1-23(2,26-12-11-16-7-3-4-8-17(16)13-26)15-24-20(28)14-27-19-10-6-5-9-18(19)21(29)25-22(27)30/h3-10H,11-15H2,1-2H3,(H,24,28)(H,25,29,30). The van der Waals surface area contributed by atoms with Gasteiger partial charge in [0.15, 0.2) is 0 Å². The normalized spacial score (nSPS) is 14.5. The number of hydrogen-bond donors (Lipinski definition) is 2. The average Bonchev–Trinajstić information content (AvgIpc) is 2.75. The highest BCUT2D eigenvalue weighted by molar-refractivity contribution is 5.81. The molecule has 156 valence electrons. The molecule has 4 rings (SSSR count). The van der Waals surface area contributed by atoms with E-state index in [1.54, 1.807) is 24.3 Å². The molecule has 7 nitrogen and oxygen atoms in total. The molecule has 0 atom stereocenters. The second kappa shape index (κ2) is 7.91. The molecule has 0 saturated carbocycles. The van der Waals surface area contributed by atoms with E-state index in [0.29, 0.717) is 17.4 Å². The summed E-state index contributed by atoms with van der Waals surface area (Å²) in [6.45, 7) is 6.33. The monoisotopic (exact) mass is 406 g/mol. The fraction of sp³-hybridized carbons (Fsp3) is 0.348. The molecular formula is C23H26N4O3. The second-order valence-electron chi connectivity index (χ2n) is 8.39. The quantitative estimate of drug-likeness (QED) is 0.674. The van der Waals surface area contributed by atoms with Crippen LogP contribution >= 0.6 is 0 Å². The lowest BCUT2D eigenvalue weighted by Gasteiger charge is -2.41. The Hall–Kier alpha value is -3.19. The SMILES string of the molecule is CC(C)(CNC(=O)Cn1c(=O)[nH]c(=O)c2ccccc21)N1CCc2ccccc2C1. The lowest BCUT2D eigenvalue weighted by Crippen LogP contribution is -2.53. The first kappa shape index (κ1) is 20.1. The predicted molar refractivity (Wildman–Crippen MR) is 116 cm³/mol. The Morgan fingerprint density at radius 2 is 1.77 bits per heavy atom. The summed E-state index contributed by atoms with van der Waals surface area (Å²) in [5, 5.41) is 3.35. The van der Waals surface area contributed by atoms with Crippen molar-refractivity contribution in [3.05, 3.63) is 80.5 Å². The lowest BCUT2D eigenvalue weighted by atomic mass is 9.94. The van der Waals surface area contributed by atoms with Crippen molar-refractivity contribution in [2.24, 2.45) is 0 Å². The zero-order chi connectivity index (χ0) is 21.3. The largest absolute Gasteiger partial charge is 0.353 e. The number of fused-ring (bicyclic) bond motifs is 2. The Bertz CT molecular complexity index is 1210. The Kier molecular flexibility index (Phi) is 5.30. The third-order valence-electron chi connectivity index (χ3n) is 5.91. The van der Waals surface area contributed by atoms with Crippen LogP contribution in [0, 0.1) is 0 Å². The molecule has 0 radical (unpaired) electrons. The van der Waals surface area contributed by atoms with Crippen molar-refractivity contribution in [1.29, 1.82) is 0 Å². The number of carbonyl (C=O) groups is 1. The van der Waals surface area contributed by atoms with Gasteiger partial charge in [0, 0.05) is 25.2 Å². The highest BCUT2D eigenvalue weighted by atomic mass is 16.2. The third kappa shape index (κ3) is 3.93. The molecule has 0 bridgehead atoms. The molecule has 2 aromatic carbocycles. The number of aromatic nitrogens is 2. The van der Waals surface area contributed by atoms with E-state index in [1.807, 2.05) is 0 Å². The highest BCUT2D eigenvalue weighted by Crippen LogP contribution is 2.24. The molecule has 1 aliphatic heterocycles. The van der Waals surface area contributed by atoms with Crippen LogP contribution in [-0.4, -0.2) is 39.0 Å². The van der Waals surface area contributed by atoms with Crippen LogP contribution < -0.4 is 16.6 Å². The van der Waals surface area contributed by atoms with Crippen molar-refractivity contribution < 1.29 is 4.79 Å². The lowest BCUT2D eigenvalue weighted by molar-refractivity contribution is -0.122. The summed E-state index contributed by atoms with van der Waals surface area (Å²) in [6.07, 6.45) is 0.992. The minimum atomic E-state index is -0.583. The summed E-state index contributed by atoms with van der Waals surface area (Å²) in [6, 6.07) is 15.2. The van der Waals surface area contributed by atoms with Crippen molar-refractivity contribution in [2.75, 3.05) is 13.1 Å². The van der Waals surface area contributed by atoms with Crippen LogP contribution in [0.4, 0.5) is 0 Å². The molecule has 0 unspecified atom stereocenters. The minimum Gasteiger partial charge on any atom is -0.353 e. The highest BCUT2D eigenvalue weighted by Gasteiger charge is 2.30. The van der Waals surface area contributed by atoms with Crippen LogP contribution in [0.2, 0.25) is 0 Å². The molecular weight excluding hydrogens is 380 g/mol. The van der Waals surface area contributed by atoms with E-state index in [-0.39, 0.29) is 18.0 Å². The van der Waals surface area contributed by atoms with E-state index in [1.165, 1.54) is 15.7 Å². The van der Waals surface area contributed by atoms with Crippen molar-refractivity contribution in [2.45, 2.75) is 38.9 Å². The molecule has 2 N–H and O–H groups in total. The van der Waals surface area contributed by atoms with E-state index in [0.717, 1.165) is 19.5 Å². The Morgan fingerprint density at radius 1 is 1.07 bits per heavy atom. The Balaban J connectivity index is 1.45. The van der Waals surface area contributed by atoms with Crippen molar-refractivity contribution in [3.63, 3.8) is 0 Å². The molecule has 0 fully saturated rings. The van der Waals surface area contributed by atoms with Gasteiger partial charge in [-0.05, 0) is 43.5 Å². The zero-order valence-electron chi connectivity index (χ0n) is 17.3. The van der Waals surface area contributed by atoms with Crippen molar-refractivity contribution >= 4 is 16.8 Å². The number of H-pyrrole nitrogens is 1. The fourth-order valence-electron chi connectivity index (χ4n) is 4.04. The third-order valence-corrected chi connectivity index (χ3v) is 5.91. The van der Waals surface area contributed by atoms with Gasteiger partial charge in [-0.3, -0.25) is 24.0 Å². The van der Waals surface area contributed by atoms with Crippen LogP contribution in [0.15, 0.2) is 58.1 Å². The maximum atomic E-state index is 12.6. The number of aromatic amines is 1. The van der Waals surface area contributed by atoms with Crippen molar-refractivity contribution in [1.82, 2.24) is 19.8 Å². The van der Waals surface area contributed by atoms with Gasteiger partial charge in [-0.1, -0.05) is 36.4 Å². The van der Waals surface area contributed by atoms with Crippen LogP contribution in [-0.2, 0) is 24.3 Å². The second-order valence-corrected chi connectivity index (χ2v) is 8.39. The van der Waals surface area contributed by atoms with E-state index < -0.39 is 11.2 Å². The minimum absolute atomic E-state index is 0.144. The van der Waals surface area contributed by atoms with Crippen LogP contribution in [0.25, 0.3) is 10.9 Å². The maximum Gasteiger partial charge on any atom is 0.329 e. The number of rotatable bonds is 5. The summed E-state index contributed by atoms with van der Waals surface area (Å²) in [4.78, 5) is 41.6. The number of nitrogens with one attached hydrogen (secondary N) is 2. The molecule has 30 heavy (non-hydrogen) atoms. The van der Waals surface area contributed by atoms with Gasteiger partial charge in [0.1, 0.15) is 6.54 Å². The molecule has 1 amide bonds. The van der Waals surface area contributed by atoms with E-state index in [9.17, 15) is 14.4 Å². The van der Waals surface area contributed by atoms with Gasteiger partial charge >= 0.3 is 5.69 Å². The molecule has 1 aromatic heterocycles. The summed E-state index contributed by atoms with van der Waals surface area (Å²) >= 11 is 0. The molecule has 0 spiro atoms. The molecule has 3 aromatic rings. The molecule has 0 saturated heterocycles. The summed E-state index contributed by atoms with van der Waals surface area (Å²) < 4.78 is 1.30. The first-order valence-corrected chi connectivity index (χ1v) is 10.2. The maximum absolute atomic E-state index is 12.6. The van der Waals surface area contributed by atoms with Gasteiger partial charge in [-0.25, -0.2) is 4.79 Å². The number of hydrogen-bond acceptors (Lipinski definition) is 4. The van der Waals surface area contributed by atoms with Gasteiger partial charge in [0.2, 0.25) is 5.91 Å². The number of carbonyl (C=O) groups excluding carboxylic acids is 1. The molecule has 2 heterocycles. The van der Waals surface area contributed by atoms with Gasteiger partial charge < -0.3 is 5.32 Å². The molecule has 7 heteroatoms. The summed E-state index contributed by atoms with van der Waals surface area (Å²) in [5.74, 6) is -0.264. The fourth-order valence-corrected chi connectivity index (χ4v) is 4.04. The van der Waals surface area contributed by atoms with E-state index >= 15 is 0 Å². The molecule has 0 aliphatic carbocycles. The van der Waals surface area contributed by atoms with Crippen LogP contribution in [0.1, 0.15) is 25.0 Å². The van der Waals surface area contributed by atoms with Gasteiger partial charge in [0.05, 0.1) is 10.9 Å². The van der Waals surface area contributed by atoms with E-state index in [4.69, 9.17) is 0 Å². The predicted octanol–water partition coefficient (Wildman–Crippen LogP) is 1.64. The van der Waals surface area contributed by atoms with E-state index in [2.05, 4.69) is 53.3 Å². The summed E-state index contributed by atoms with van der Waals surface area (Å²) in [5.41, 5.74) is 1.90. The Labute approximate surface area is 174 Å². The van der Waals surface area contributed by atoms with Crippen LogP contribution in [0.5, 0.6) is 0 Å². The average molecular weight is 406 g/mol. The number of benzene rings is 2. The topological polar surface area (TPSA) is 87.2 Å². The van der Waals surface area contributed by atoms with Gasteiger partial charge in [-0.2, -0.15) is 0 Å². The van der Waals surface area contributed by atoms with Crippen molar-refractivity contribution in [3.8, 4) is 0 Å². The summed E-state index contributed by atoms with van der Waals surface area (Å²) in [7, 11) is 0. The molecule has 1 aliphatic rings. The van der Waals surface area contributed by atoms with Crippen LogP contribution in [0.3, 0.4) is 0 Å². The van der Waals surface area contributed by atoms with Gasteiger partial charge in [0.25, 0.3) is 5.56 Å². The number of nitrogens with zero attached hydrogens (tertiary/aromatic N) is 2. The number of amides is 1. The first-order chi connectivity index (χ1) is 14.3. The number of para-hydroxylation sites is 1. The zero-order valence-corrected chi connectivity index (χ0v) is 17.3. The van der Waals surface area contributed by atoms with Gasteiger partial charge in [-0.15, -0.1) is 0 Å². The smallest absolute Gasteiger partial charge is 0.329 e.